The lowest BCUT2D eigenvalue weighted by Crippen LogP contribution is -2.44. The number of benzene rings is 2. The van der Waals surface area contributed by atoms with Gasteiger partial charge in [-0.25, -0.2) is 4.79 Å². The Balaban J connectivity index is 1.74. The monoisotopic (exact) mass is 337 g/mol. The maximum absolute atomic E-state index is 12.7. The molecule has 0 bridgehead atoms. The van der Waals surface area contributed by atoms with E-state index in [4.69, 9.17) is 0 Å². The second kappa shape index (κ2) is 7.70. The van der Waals surface area contributed by atoms with E-state index in [9.17, 15) is 4.79 Å². The first-order chi connectivity index (χ1) is 12.0. The van der Waals surface area contributed by atoms with Crippen LogP contribution < -0.4 is 5.32 Å². The summed E-state index contributed by atoms with van der Waals surface area (Å²) >= 11 is 0. The summed E-state index contributed by atoms with van der Waals surface area (Å²) in [6.45, 7) is 6.96. The first-order valence-corrected chi connectivity index (χ1v) is 8.96. The first kappa shape index (κ1) is 17.5. The Morgan fingerprint density at radius 1 is 1.08 bits per heavy atom. The minimum absolute atomic E-state index is 0.0100. The van der Waals surface area contributed by atoms with Crippen LogP contribution in [0.4, 0.5) is 10.5 Å². The Bertz CT molecular complexity index is 743. The summed E-state index contributed by atoms with van der Waals surface area (Å²) in [5.74, 6) is 0. The summed E-state index contributed by atoms with van der Waals surface area (Å²) in [5, 5.41) is 3.08. The number of amides is 2. The van der Waals surface area contributed by atoms with Gasteiger partial charge in [-0.3, -0.25) is 0 Å². The van der Waals surface area contributed by atoms with E-state index >= 15 is 0 Å². The molecule has 0 saturated carbocycles. The van der Waals surface area contributed by atoms with E-state index in [2.05, 4.69) is 61.4 Å². The number of aryl methyl sites for hydroxylation is 1. The van der Waals surface area contributed by atoms with Gasteiger partial charge in [-0.05, 0) is 57.1 Å². The third-order valence-corrected chi connectivity index (χ3v) is 4.77. The second-order valence-corrected chi connectivity index (χ2v) is 7.04. The van der Waals surface area contributed by atoms with E-state index in [1.165, 1.54) is 11.1 Å². The summed E-state index contributed by atoms with van der Waals surface area (Å²) in [5.41, 5.74) is 4.36. The molecule has 1 fully saturated rings. The van der Waals surface area contributed by atoms with Crippen LogP contribution in [-0.4, -0.2) is 48.6 Å². The molecule has 0 radical (unpaired) electrons. The maximum Gasteiger partial charge on any atom is 0.322 e. The lowest BCUT2D eigenvalue weighted by molar-refractivity contribution is 0.190. The highest BCUT2D eigenvalue weighted by Gasteiger charge is 2.24. The first-order valence-electron chi connectivity index (χ1n) is 8.96. The number of hydrogen-bond donors (Lipinski definition) is 1. The fourth-order valence-electron chi connectivity index (χ4n) is 3.47. The van der Waals surface area contributed by atoms with Gasteiger partial charge in [-0.2, -0.15) is 0 Å². The van der Waals surface area contributed by atoms with Gasteiger partial charge in [0.05, 0.1) is 0 Å². The molecular formula is C21H27N3O. The molecule has 1 aliphatic rings. The van der Waals surface area contributed by atoms with Crippen LogP contribution in [0.2, 0.25) is 0 Å². The van der Waals surface area contributed by atoms with Crippen LogP contribution >= 0.6 is 0 Å². The molecule has 0 unspecified atom stereocenters. The summed E-state index contributed by atoms with van der Waals surface area (Å²) in [6.07, 6.45) is 1.01. The molecule has 1 saturated heterocycles. The van der Waals surface area contributed by atoms with Crippen molar-refractivity contribution in [3.05, 3.63) is 54.1 Å². The van der Waals surface area contributed by atoms with Gasteiger partial charge >= 0.3 is 6.03 Å². The van der Waals surface area contributed by atoms with Gasteiger partial charge in [-0.1, -0.05) is 42.0 Å². The highest BCUT2D eigenvalue weighted by Crippen LogP contribution is 2.24. The number of nitrogens with zero attached hydrogens (tertiary/aromatic N) is 2. The van der Waals surface area contributed by atoms with Gasteiger partial charge < -0.3 is 15.1 Å². The number of hydrogen-bond acceptors (Lipinski definition) is 2. The molecule has 4 heteroatoms. The highest BCUT2D eigenvalue weighted by atomic mass is 16.2. The molecule has 3 rings (SSSR count). The second-order valence-electron chi connectivity index (χ2n) is 7.04. The van der Waals surface area contributed by atoms with Crippen molar-refractivity contribution in [2.75, 3.05) is 32.0 Å². The third kappa shape index (κ3) is 4.40. The minimum Gasteiger partial charge on any atom is -0.320 e. The van der Waals surface area contributed by atoms with Crippen LogP contribution in [0.5, 0.6) is 0 Å². The molecule has 2 aromatic rings. The van der Waals surface area contributed by atoms with Crippen molar-refractivity contribution in [1.29, 1.82) is 0 Å². The zero-order valence-electron chi connectivity index (χ0n) is 15.3. The van der Waals surface area contributed by atoms with Gasteiger partial charge in [0.15, 0.2) is 0 Å². The molecule has 132 valence electrons. The van der Waals surface area contributed by atoms with Crippen molar-refractivity contribution >= 4 is 11.7 Å². The van der Waals surface area contributed by atoms with Crippen molar-refractivity contribution in [2.24, 2.45) is 0 Å². The Morgan fingerprint density at radius 3 is 2.56 bits per heavy atom. The number of rotatable bonds is 2. The molecule has 25 heavy (non-hydrogen) atoms. The zero-order valence-corrected chi connectivity index (χ0v) is 15.3. The maximum atomic E-state index is 12.7. The molecule has 2 aromatic carbocycles. The van der Waals surface area contributed by atoms with E-state index in [0.29, 0.717) is 0 Å². The predicted octanol–water partition coefficient (Wildman–Crippen LogP) is 4.22. The quantitative estimate of drug-likeness (QED) is 0.890. The lowest BCUT2D eigenvalue weighted by atomic mass is 10.0. The van der Waals surface area contributed by atoms with Crippen LogP contribution in [0.1, 0.15) is 18.9 Å². The summed E-state index contributed by atoms with van der Waals surface area (Å²) in [7, 11) is 2.11. The molecular weight excluding hydrogens is 310 g/mol. The van der Waals surface area contributed by atoms with Gasteiger partial charge in [0.2, 0.25) is 0 Å². The fourth-order valence-corrected chi connectivity index (χ4v) is 3.47. The van der Waals surface area contributed by atoms with E-state index in [1.54, 1.807) is 0 Å². The van der Waals surface area contributed by atoms with Crippen molar-refractivity contribution in [3.8, 4) is 11.1 Å². The number of carbonyl (C=O) groups is 1. The number of likely N-dealkylation sites (N-methyl/N-ethyl adjacent to an activating group) is 1. The van der Waals surface area contributed by atoms with E-state index in [-0.39, 0.29) is 12.1 Å². The normalized spacial score (nSPS) is 18.7. The van der Waals surface area contributed by atoms with Gasteiger partial charge in [0, 0.05) is 24.8 Å². The van der Waals surface area contributed by atoms with Crippen LogP contribution in [-0.2, 0) is 0 Å². The summed E-state index contributed by atoms with van der Waals surface area (Å²) in [6, 6.07) is 16.7. The average molecular weight is 337 g/mol. The third-order valence-electron chi connectivity index (χ3n) is 4.77. The molecule has 4 nitrogen and oxygen atoms in total. The van der Waals surface area contributed by atoms with Crippen molar-refractivity contribution in [1.82, 2.24) is 9.80 Å². The smallest absolute Gasteiger partial charge is 0.320 e. The minimum atomic E-state index is -0.0100. The summed E-state index contributed by atoms with van der Waals surface area (Å²) < 4.78 is 0. The summed E-state index contributed by atoms with van der Waals surface area (Å²) in [4.78, 5) is 17.0. The molecule has 1 heterocycles. The van der Waals surface area contributed by atoms with Gasteiger partial charge in [0.25, 0.3) is 0 Å². The van der Waals surface area contributed by atoms with Gasteiger partial charge in [-0.15, -0.1) is 0 Å². The number of nitrogens with one attached hydrogen (secondary N) is 1. The van der Waals surface area contributed by atoms with Crippen molar-refractivity contribution in [3.63, 3.8) is 0 Å². The lowest BCUT2D eigenvalue weighted by Gasteiger charge is -2.28. The number of urea groups is 1. The van der Waals surface area contributed by atoms with E-state index in [0.717, 1.165) is 37.3 Å². The van der Waals surface area contributed by atoms with Crippen LogP contribution in [0.3, 0.4) is 0 Å². The Kier molecular flexibility index (Phi) is 5.39. The van der Waals surface area contributed by atoms with Crippen LogP contribution in [0, 0.1) is 6.92 Å². The van der Waals surface area contributed by atoms with E-state index < -0.39 is 0 Å². The zero-order chi connectivity index (χ0) is 17.8. The number of anilines is 1. The highest BCUT2D eigenvalue weighted by molar-refractivity contribution is 5.90. The molecule has 2 amide bonds. The van der Waals surface area contributed by atoms with Crippen LogP contribution in [0.15, 0.2) is 48.5 Å². The van der Waals surface area contributed by atoms with Crippen molar-refractivity contribution < 1.29 is 4.79 Å². The molecule has 1 aliphatic heterocycles. The largest absolute Gasteiger partial charge is 0.322 e. The van der Waals surface area contributed by atoms with Crippen molar-refractivity contribution in [2.45, 2.75) is 26.3 Å². The predicted molar refractivity (Wildman–Crippen MR) is 104 cm³/mol. The number of carbonyl (C=O) groups excluding carboxylic acids is 1. The topological polar surface area (TPSA) is 35.6 Å². The molecule has 0 aliphatic carbocycles. The van der Waals surface area contributed by atoms with Gasteiger partial charge in [0.1, 0.15) is 0 Å². The Labute approximate surface area is 150 Å². The molecule has 0 spiro atoms. The molecule has 1 N–H and O–H groups in total. The molecule has 1 atom stereocenters. The fraction of sp³-hybridized carbons (Fsp3) is 0.381. The Hall–Kier alpha value is -2.33. The molecule has 0 aromatic heterocycles. The van der Waals surface area contributed by atoms with Crippen LogP contribution in [0.25, 0.3) is 11.1 Å². The SMILES string of the molecule is Cc1cccc(-c2cccc(NC(=O)N3CCCN(C)C[C@@H]3C)c2)c1. The Morgan fingerprint density at radius 2 is 1.80 bits per heavy atom. The standard InChI is InChI=1S/C21H27N3O/c1-16-7-4-8-18(13-16)19-9-5-10-20(14-19)22-21(25)24-12-6-11-23(3)15-17(24)2/h4-5,7-10,13-14,17H,6,11-12,15H2,1-3H3,(H,22,25)/t17-/m0/s1. The van der Waals surface area contributed by atoms with E-state index in [1.807, 2.05) is 23.1 Å². The average Bonchev–Trinajstić information content (AvgIpc) is 2.75.